The Morgan fingerprint density at radius 1 is 0.576 bits per heavy atom. The first kappa shape index (κ1) is 61.2. The standard InChI is InChI=1S/C47H78O17P2/c1-3-5-7-9-11-12-13-14-15-16-17-18-19-20-22-26-30-34-40(49)60-36-39(62-41(50)35-31-27-23-25-29-33-38(48)32-28-24-21-10-8-6-4-2)37-61-66(58,59)64-47-44(53)42(51)43(52)46(45(47)54)63-65(55,56)57/h6,8,11-12,14-15,17-18,20-22,24,28,32,38-39,42-48,51-54H,3-5,7,9-10,13,16,19,23,25-27,29-31,33-37H2,1-2H3,(H,58,59)(H2,55,56,57)/b8-6+,12-11-,15-14-,18-17-,22-20-,24-21+,32-28+/t38?,39-,42?,43?,44?,45?,46-,47+/m1/s1. The van der Waals surface area contributed by atoms with Crippen molar-refractivity contribution in [1.82, 2.24) is 0 Å². The molecule has 19 heteroatoms. The SMILES string of the molecule is CC/C=C/C/C=C/C=C/C(O)CCCCCCCC(=O)O[C@H](COC(=O)CCC/C=C\C/C=C\C/C=C\C/C=C\CCCCC)COP(=O)(O)O[C@H]1C(O)C(O)C(O)[C@@H](OP(=O)(O)O)C1O. The fourth-order valence-electron chi connectivity index (χ4n) is 6.44. The Bertz CT molecular complexity index is 1620. The number of aliphatic hydroxyl groups excluding tert-OH is 5. The molecule has 1 fully saturated rings. The van der Waals surface area contributed by atoms with Crippen molar-refractivity contribution in [2.45, 2.75) is 185 Å². The Morgan fingerprint density at radius 3 is 1.74 bits per heavy atom. The van der Waals surface area contributed by atoms with Gasteiger partial charge in [0.15, 0.2) is 6.10 Å². The molecule has 17 nitrogen and oxygen atoms in total. The molecule has 1 saturated carbocycles. The van der Waals surface area contributed by atoms with Gasteiger partial charge in [-0.3, -0.25) is 23.2 Å². The van der Waals surface area contributed by atoms with Crippen LogP contribution in [-0.2, 0) is 41.8 Å². The Kier molecular flexibility index (Phi) is 34.4. The molecular formula is C47H78O17P2. The van der Waals surface area contributed by atoms with Gasteiger partial charge in [0.05, 0.1) is 12.7 Å². The van der Waals surface area contributed by atoms with E-state index in [0.717, 1.165) is 57.8 Å². The number of aliphatic hydroxyl groups is 5. The first-order chi connectivity index (χ1) is 31.5. The quantitative estimate of drug-likeness (QED) is 0.00979. The topological polar surface area (TPSA) is 276 Å². The van der Waals surface area contributed by atoms with Crippen LogP contribution in [0.2, 0.25) is 0 Å². The summed E-state index contributed by atoms with van der Waals surface area (Å²) in [5, 5.41) is 51.4. The molecule has 0 amide bonds. The summed E-state index contributed by atoms with van der Waals surface area (Å²) in [7, 11) is -10.7. The highest BCUT2D eigenvalue weighted by molar-refractivity contribution is 7.47. The van der Waals surface area contributed by atoms with Crippen LogP contribution in [0.3, 0.4) is 0 Å². The van der Waals surface area contributed by atoms with Crippen molar-refractivity contribution in [2.75, 3.05) is 13.2 Å². The minimum atomic E-state index is -5.38. The monoisotopic (exact) mass is 976 g/mol. The second-order valence-corrected chi connectivity index (χ2v) is 18.5. The van der Waals surface area contributed by atoms with E-state index >= 15 is 0 Å². The number of carbonyl (C=O) groups is 2. The summed E-state index contributed by atoms with van der Waals surface area (Å²) < 4.78 is 49.2. The Morgan fingerprint density at radius 2 is 1.12 bits per heavy atom. The molecule has 1 aliphatic rings. The van der Waals surface area contributed by atoms with E-state index in [4.69, 9.17) is 28.3 Å². The maximum Gasteiger partial charge on any atom is 0.472 e. The third kappa shape index (κ3) is 31.2. The molecule has 1 rings (SSSR count). The predicted octanol–water partition coefficient (Wildman–Crippen LogP) is 7.58. The Labute approximate surface area is 391 Å². The summed E-state index contributed by atoms with van der Waals surface area (Å²) in [6.07, 6.45) is 27.1. The molecule has 1 aliphatic carbocycles. The molecule has 9 atom stereocenters. The van der Waals surface area contributed by atoms with E-state index in [2.05, 4.69) is 67.0 Å². The third-order valence-electron chi connectivity index (χ3n) is 10.1. The molecule has 0 aromatic heterocycles. The number of unbranched alkanes of at least 4 members (excludes halogenated alkanes) is 8. The lowest BCUT2D eigenvalue weighted by molar-refractivity contribution is -0.216. The first-order valence-corrected chi connectivity index (χ1v) is 26.3. The molecule has 0 spiro atoms. The molecule has 378 valence electrons. The van der Waals surface area contributed by atoms with Crippen molar-refractivity contribution in [3.05, 3.63) is 85.1 Å². The molecule has 0 aliphatic heterocycles. The van der Waals surface area contributed by atoms with Crippen LogP contribution in [0.25, 0.3) is 0 Å². The van der Waals surface area contributed by atoms with E-state index in [-0.39, 0.29) is 12.8 Å². The van der Waals surface area contributed by atoms with Gasteiger partial charge in [-0.15, -0.1) is 0 Å². The average molecular weight is 977 g/mol. The fraction of sp³-hybridized carbons (Fsp3) is 0.660. The lowest BCUT2D eigenvalue weighted by Crippen LogP contribution is -2.64. The zero-order valence-electron chi connectivity index (χ0n) is 38.7. The molecule has 0 saturated heterocycles. The second-order valence-electron chi connectivity index (χ2n) is 15.9. The van der Waals surface area contributed by atoms with Gasteiger partial charge in [-0.25, -0.2) is 9.13 Å². The van der Waals surface area contributed by atoms with Crippen LogP contribution < -0.4 is 0 Å². The number of carbonyl (C=O) groups excluding carboxylic acids is 2. The maximum absolute atomic E-state index is 13.0. The number of phosphoric ester groups is 2. The van der Waals surface area contributed by atoms with Crippen LogP contribution in [0, 0.1) is 0 Å². The number of esters is 2. The molecule has 0 aromatic rings. The summed E-state index contributed by atoms with van der Waals surface area (Å²) >= 11 is 0. The average Bonchev–Trinajstić information content (AvgIpc) is 3.27. The molecule has 0 aromatic carbocycles. The fourth-order valence-corrected chi connectivity index (χ4v) is 7.97. The predicted molar refractivity (Wildman–Crippen MR) is 251 cm³/mol. The highest BCUT2D eigenvalue weighted by Crippen LogP contribution is 2.49. The van der Waals surface area contributed by atoms with Crippen LogP contribution in [0.4, 0.5) is 0 Å². The summed E-state index contributed by atoms with van der Waals surface area (Å²) in [5.41, 5.74) is 0. The van der Waals surface area contributed by atoms with Crippen molar-refractivity contribution >= 4 is 27.6 Å². The van der Waals surface area contributed by atoms with E-state index in [9.17, 15) is 49.1 Å². The number of rotatable bonds is 37. The molecule has 6 unspecified atom stereocenters. The molecular weight excluding hydrogens is 898 g/mol. The maximum atomic E-state index is 13.0. The third-order valence-corrected chi connectivity index (χ3v) is 11.6. The molecule has 0 bridgehead atoms. The van der Waals surface area contributed by atoms with E-state index in [1.807, 2.05) is 30.4 Å². The highest BCUT2D eigenvalue weighted by atomic mass is 31.2. The largest absolute Gasteiger partial charge is 0.472 e. The van der Waals surface area contributed by atoms with Crippen LogP contribution in [-0.4, -0.2) is 114 Å². The summed E-state index contributed by atoms with van der Waals surface area (Å²) in [4.78, 5) is 54.2. The normalized spacial score (nSPS) is 22.8. The summed E-state index contributed by atoms with van der Waals surface area (Å²) in [6.45, 7) is 2.80. The lowest BCUT2D eigenvalue weighted by atomic mass is 9.85. The van der Waals surface area contributed by atoms with Crippen molar-refractivity contribution in [2.24, 2.45) is 0 Å². The summed E-state index contributed by atoms with van der Waals surface area (Å²) in [6, 6.07) is 0. The van der Waals surface area contributed by atoms with Gasteiger partial charge in [0.1, 0.15) is 43.2 Å². The van der Waals surface area contributed by atoms with Crippen molar-refractivity contribution in [3.8, 4) is 0 Å². The number of hydrogen-bond donors (Lipinski definition) is 8. The van der Waals surface area contributed by atoms with E-state index in [1.54, 1.807) is 6.08 Å². The van der Waals surface area contributed by atoms with Gasteiger partial charge in [0.2, 0.25) is 0 Å². The van der Waals surface area contributed by atoms with Gasteiger partial charge in [0.25, 0.3) is 0 Å². The number of hydrogen-bond acceptors (Lipinski definition) is 14. The zero-order valence-corrected chi connectivity index (χ0v) is 40.5. The Balaban J connectivity index is 2.69. The van der Waals surface area contributed by atoms with Gasteiger partial charge in [-0.2, -0.15) is 0 Å². The first-order valence-electron chi connectivity index (χ1n) is 23.2. The van der Waals surface area contributed by atoms with Gasteiger partial charge in [-0.05, 0) is 70.6 Å². The summed E-state index contributed by atoms with van der Waals surface area (Å²) in [5.74, 6) is -1.36. The molecule has 0 radical (unpaired) electrons. The van der Waals surface area contributed by atoms with E-state index in [1.165, 1.54) is 19.3 Å². The number of allylic oxidation sites excluding steroid dienone is 13. The Hall–Kier alpha value is -2.86. The van der Waals surface area contributed by atoms with Gasteiger partial charge in [0, 0.05) is 12.8 Å². The lowest BCUT2D eigenvalue weighted by Gasteiger charge is -2.43. The van der Waals surface area contributed by atoms with E-state index < -0.39 is 89.6 Å². The number of ether oxygens (including phenoxy) is 2. The molecule has 66 heavy (non-hydrogen) atoms. The van der Waals surface area contributed by atoms with Crippen molar-refractivity contribution < 1.29 is 82.0 Å². The van der Waals surface area contributed by atoms with Crippen LogP contribution in [0.5, 0.6) is 0 Å². The number of phosphoric acid groups is 2. The molecule has 8 N–H and O–H groups in total. The van der Waals surface area contributed by atoms with E-state index in [0.29, 0.717) is 32.1 Å². The minimum absolute atomic E-state index is 0.0198. The second kappa shape index (κ2) is 37.1. The smallest absolute Gasteiger partial charge is 0.462 e. The highest BCUT2D eigenvalue weighted by Gasteiger charge is 2.54. The van der Waals surface area contributed by atoms with Gasteiger partial charge in [-0.1, -0.05) is 137 Å². The van der Waals surface area contributed by atoms with Gasteiger partial charge >= 0.3 is 27.6 Å². The van der Waals surface area contributed by atoms with Crippen molar-refractivity contribution in [3.63, 3.8) is 0 Å². The zero-order chi connectivity index (χ0) is 49.1. The minimum Gasteiger partial charge on any atom is -0.462 e. The molecule has 0 heterocycles. The van der Waals surface area contributed by atoms with Crippen LogP contribution >= 0.6 is 15.6 Å². The van der Waals surface area contributed by atoms with Crippen LogP contribution in [0.15, 0.2) is 85.1 Å². The van der Waals surface area contributed by atoms with Gasteiger partial charge < -0.3 is 49.7 Å². The van der Waals surface area contributed by atoms with Crippen LogP contribution in [0.1, 0.15) is 136 Å². The van der Waals surface area contributed by atoms with Crippen molar-refractivity contribution in [1.29, 1.82) is 0 Å².